The van der Waals surface area contributed by atoms with E-state index in [2.05, 4.69) is 10.2 Å². The van der Waals surface area contributed by atoms with Crippen LogP contribution in [-0.2, 0) is 10.0 Å². The second kappa shape index (κ2) is 9.13. The maximum absolute atomic E-state index is 13.0. The van der Waals surface area contributed by atoms with Crippen molar-refractivity contribution in [1.82, 2.24) is 10.2 Å². The highest BCUT2D eigenvalue weighted by molar-refractivity contribution is 7.92. The van der Waals surface area contributed by atoms with Crippen molar-refractivity contribution < 1.29 is 27.1 Å². The summed E-state index contributed by atoms with van der Waals surface area (Å²) in [7, 11) is -0.963. The Hall–Kier alpha value is -4.18. The van der Waals surface area contributed by atoms with E-state index in [0.717, 1.165) is 4.31 Å². The largest absolute Gasteiger partial charge is 0.495 e. The first-order chi connectivity index (χ1) is 15.9. The summed E-state index contributed by atoms with van der Waals surface area (Å²) in [5.41, 5.74) is 1.28. The number of anilines is 1. The molecule has 0 amide bonds. The molecule has 0 saturated heterocycles. The lowest BCUT2D eigenvalue weighted by Crippen LogP contribution is -2.27. The molecular formula is C23H19N3O6S. The van der Waals surface area contributed by atoms with Crippen molar-refractivity contribution >= 4 is 21.7 Å². The van der Waals surface area contributed by atoms with Gasteiger partial charge < -0.3 is 13.9 Å². The quantitative estimate of drug-likeness (QED) is 0.299. The Labute approximate surface area is 190 Å². The third-order valence-corrected chi connectivity index (χ3v) is 6.63. The molecule has 10 heteroatoms. The summed E-state index contributed by atoms with van der Waals surface area (Å²) in [4.78, 5) is 12.5. The van der Waals surface area contributed by atoms with Crippen LogP contribution in [0, 0.1) is 0 Å². The van der Waals surface area contributed by atoms with Gasteiger partial charge in [-0.2, -0.15) is 0 Å². The van der Waals surface area contributed by atoms with Crippen molar-refractivity contribution in [3.8, 4) is 23.0 Å². The highest BCUT2D eigenvalue weighted by atomic mass is 32.2. The summed E-state index contributed by atoms with van der Waals surface area (Å²) in [6.45, 7) is 0. The van der Waals surface area contributed by atoms with E-state index in [1.807, 2.05) is 0 Å². The Morgan fingerprint density at radius 2 is 1.67 bits per heavy atom. The molecule has 0 spiro atoms. The summed E-state index contributed by atoms with van der Waals surface area (Å²) in [5, 5.41) is 7.43. The van der Waals surface area contributed by atoms with Crippen molar-refractivity contribution in [2.45, 2.75) is 4.90 Å². The van der Waals surface area contributed by atoms with E-state index >= 15 is 0 Å². The highest BCUT2D eigenvalue weighted by Gasteiger charge is 2.24. The topological polar surface area (TPSA) is 112 Å². The molecular weight excluding hydrogens is 446 g/mol. The molecule has 0 aliphatic rings. The summed E-state index contributed by atoms with van der Waals surface area (Å²) < 4.78 is 42.9. The van der Waals surface area contributed by atoms with Crippen LogP contribution in [0.4, 0.5) is 5.69 Å². The van der Waals surface area contributed by atoms with E-state index in [1.54, 1.807) is 48.5 Å². The zero-order valence-electron chi connectivity index (χ0n) is 17.7. The zero-order chi connectivity index (χ0) is 23.4. The van der Waals surface area contributed by atoms with E-state index in [9.17, 15) is 13.2 Å². The average molecular weight is 465 g/mol. The fourth-order valence-corrected chi connectivity index (χ4v) is 4.28. The van der Waals surface area contributed by atoms with Gasteiger partial charge in [-0.05, 0) is 60.7 Å². The molecule has 0 aliphatic heterocycles. The Kier molecular flexibility index (Phi) is 6.09. The van der Waals surface area contributed by atoms with Crippen LogP contribution >= 0.6 is 0 Å². The molecule has 0 radical (unpaired) electrons. The normalized spacial score (nSPS) is 11.1. The summed E-state index contributed by atoms with van der Waals surface area (Å²) in [6.07, 6.45) is 1.22. The van der Waals surface area contributed by atoms with Crippen molar-refractivity contribution in [2.24, 2.45) is 0 Å². The van der Waals surface area contributed by atoms with Crippen LogP contribution in [0.1, 0.15) is 10.4 Å². The number of nitrogens with zero attached hydrogens (tertiary/aromatic N) is 3. The van der Waals surface area contributed by atoms with Gasteiger partial charge in [0.05, 0.1) is 23.3 Å². The molecule has 9 nitrogen and oxygen atoms in total. The monoisotopic (exact) mass is 465 g/mol. The number of rotatable bonds is 7. The number of ether oxygens (including phenoxy) is 2. The zero-order valence-corrected chi connectivity index (χ0v) is 18.5. The number of carbonyl (C=O) groups is 1. The van der Waals surface area contributed by atoms with E-state index in [-0.39, 0.29) is 10.5 Å². The van der Waals surface area contributed by atoms with Crippen LogP contribution in [0.2, 0.25) is 0 Å². The van der Waals surface area contributed by atoms with Gasteiger partial charge in [0.15, 0.2) is 0 Å². The maximum Gasteiger partial charge on any atom is 0.343 e. The second-order valence-electron chi connectivity index (χ2n) is 6.83. The summed E-state index contributed by atoms with van der Waals surface area (Å²) in [5.74, 6) is 0.468. The molecule has 0 N–H and O–H groups in total. The van der Waals surface area contributed by atoms with Gasteiger partial charge in [-0.15, -0.1) is 10.2 Å². The number of hydrogen-bond donors (Lipinski definition) is 0. The Morgan fingerprint density at radius 3 is 2.30 bits per heavy atom. The fourth-order valence-electron chi connectivity index (χ4n) is 3.07. The first-order valence-electron chi connectivity index (χ1n) is 9.71. The van der Waals surface area contributed by atoms with Crippen LogP contribution in [0.3, 0.4) is 0 Å². The number of para-hydroxylation sites is 2. The fraction of sp³-hybridized carbons (Fsp3) is 0.0870. The third-order valence-electron chi connectivity index (χ3n) is 4.84. The van der Waals surface area contributed by atoms with Crippen LogP contribution < -0.4 is 13.8 Å². The first-order valence-corrected chi connectivity index (χ1v) is 11.1. The van der Waals surface area contributed by atoms with Crippen molar-refractivity contribution in [3.05, 3.63) is 84.8 Å². The van der Waals surface area contributed by atoms with Gasteiger partial charge in [0.1, 0.15) is 11.5 Å². The highest BCUT2D eigenvalue weighted by Crippen LogP contribution is 2.31. The van der Waals surface area contributed by atoms with Gasteiger partial charge in [0.2, 0.25) is 12.3 Å². The smallest absolute Gasteiger partial charge is 0.343 e. The van der Waals surface area contributed by atoms with Crippen LogP contribution in [0.15, 0.2) is 88.5 Å². The molecule has 0 saturated carbocycles. The van der Waals surface area contributed by atoms with Crippen LogP contribution in [0.5, 0.6) is 11.5 Å². The first kappa shape index (κ1) is 22.0. The van der Waals surface area contributed by atoms with Gasteiger partial charge in [-0.3, -0.25) is 4.31 Å². The minimum atomic E-state index is -3.87. The molecule has 0 bridgehead atoms. The molecule has 4 rings (SSSR count). The lowest BCUT2D eigenvalue weighted by atomic mass is 10.2. The van der Waals surface area contributed by atoms with Gasteiger partial charge in [-0.1, -0.05) is 12.1 Å². The standard InChI is InChI=1S/C23H19N3O6S/c1-26(20-5-3-4-6-21(20)30-2)33(28,29)19-13-9-17(10-14-19)23(27)32-18-11-7-16(8-12-18)22-25-24-15-31-22/h3-15H,1-2H3. The number of esters is 1. The molecule has 1 heterocycles. The van der Waals surface area contributed by atoms with Crippen molar-refractivity contribution in [3.63, 3.8) is 0 Å². The average Bonchev–Trinajstić information content (AvgIpc) is 3.39. The van der Waals surface area contributed by atoms with E-state index < -0.39 is 16.0 Å². The molecule has 0 unspecified atom stereocenters. The molecule has 0 fully saturated rings. The van der Waals surface area contributed by atoms with E-state index in [4.69, 9.17) is 13.9 Å². The predicted molar refractivity (Wildman–Crippen MR) is 120 cm³/mol. The van der Waals surface area contributed by atoms with Crippen LogP contribution in [0.25, 0.3) is 11.5 Å². The van der Waals surface area contributed by atoms with Gasteiger partial charge in [-0.25, -0.2) is 13.2 Å². The van der Waals surface area contributed by atoms with Crippen LogP contribution in [-0.4, -0.2) is 38.7 Å². The molecule has 33 heavy (non-hydrogen) atoms. The van der Waals surface area contributed by atoms with E-state index in [0.29, 0.717) is 28.6 Å². The summed E-state index contributed by atoms with van der Waals surface area (Å²) in [6, 6.07) is 18.9. The number of aromatic nitrogens is 2. The predicted octanol–water partition coefficient (Wildman–Crippen LogP) is 3.79. The number of benzene rings is 3. The summed E-state index contributed by atoms with van der Waals surface area (Å²) >= 11 is 0. The molecule has 3 aromatic carbocycles. The minimum Gasteiger partial charge on any atom is -0.495 e. The maximum atomic E-state index is 13.0. The van der Waals surface area contributed by atoms with Crippen molar-refractivity contribution in [1.29, 1.82) is 0 Å². The van der Waals surface area contributed by atoms with Gasteiger partial charge in [0.25, 0.3) is 10.0 Å². The molecule has 4 aromatic rings. The Balaban J connectivity index is 1.48. The molecule has 0 atom stereocenters. The SMILES string of the molecule is COc1ccccc1N(C)S(=O)(=O)c1ccc(C(=O)Oc2ccc(-c3nnco3)cc2)cc1. The van der Waals surface area contributed by atoms with Gasteiger partial charge in [0, 0.05) is 12.6 Å². The lowest BCUT2D eigenvalue weighted by Gasteiger charge is -2.21. The second-order valence-corrected chi connectivity index (χ2v) is 8.80. The van der Waals surface area contributed by atoms with Crippen molar-refractivity contribution in [2.75, 3.05) is 18.5 Å². The molecule has 0 aliphatic carbocycles. The minimum absolute atomic E-state index is 0.0244. The lowest BCUT2D eigenvalue weighted by molar-refractivity contribution is 0.0734. The molecule has 168 valence electrons. The number of hydrogen-bond acceptors (Lipinski definition) is 8. The van der Waals surface area contributed by atoms with E-state index in [1.165, 1.54) is 44.8 Å². The Morgan fingerprint density at radius 1 is 0.970 bits per heavy atom. The third kappa shape index (κ3) is 4.55. The Bertz CT molecular complexity index is 1350. The molecule has 1 aromatic heterocycles. The number of sulfonamides is 1. The number of methoxy groups -OCH3 is 1. The van der Waals surface area contributed by atoms with Gasteiger partial charge >= 0.3 is 5.97 Å². The number of carbonyl (C=O) groups excluding carboxylic acids is 1.